The molecule has 26 heavy (non-hydrogen) atoms. The first-order valence-electron chi connectivity index (χ1n) is 9.59. The smallest absolute Gasteiger partial charge is 0.193 e. The second kappa shape index (κ2) is 8.73. The Morgan fingerprint density at radius 1 is 1.15 bits per heavy atom. The predicted octanol–water partition coefficient (Wildman–Crippen LogP) is 1.31. The van der Waals surface area contributed by atoms with Gasteiger partial charge in [-0.1, -0.05) is 12.1 Å². The number of likely N-dealkylation sites (N-methyl/N-ethyl adjacent to an activating group) is 2. The molecule has 2 unspecified atom stereocenters. The molecular formula is C20H33N5O. The number of nitrogens with one attached hydrogen (secondary N) is 1. The Morgan fingerprint density at radius 2 is 1.92 bits per heavy atom. The van der Waals surface area contributed by atoms with E-state index in [4.69, 9.17) is 4.74 Å². The molecule has 2 aliphatic rings. The van der Waals surface area contributed by atoms with E-state index < -0.39 is 0 Å². The van der Waals surface area contributed by atoms with Gasteiger partial charge in [0.1, 0.15) is 5.75 Å². The molecule has 2 saturated heterocycles. The highest BCUT2D eigenvalue weighted by Crippen LogP contribution is 2.28. The lowest BCUT2D eigenvalue weighted by Gasteiger charge is -2.38. The Kier molecular flexibility index (Phi) is 6.38. The minimum atomic E-state index is 0.533. The Balaban J connectivity index is 1.54. The van der Waals surface area contributed by atoms with Crippen LogP contribution in [0.25, 0.3) is 0 Å². The van der Waals surface area contributed by atoms with Crippen molar-refractivity contribution in [2.75, 3.05) is 67.5 Å². The van der Waals surface area contributed by atoms with Gasteiger partial charge in [-0.05, 0) is 38.2 Å². The molecule has 0 amide bonds. The fourth-order valence-electron chi connectivity index (χ4n) is 3.96. The van der Waals surface area contributed by atoms with Crippen LogP contribution in [-0.2, 0) is 0 Å². The van der Waals surface area contributed by atoms with Gasteiger partial charge >= 0.3 is 0 Å². The van der Waals surface area contributed by atoms with Crippen molar-refractivity contribution in [2.45, 2.75) is 18.4 Å². The number of nitrogens with zero attached hydrogens (tertiary/aromatic N) is 4. The first kappa shape index (κ1) is 19.0. The van der Waals surface area contributed by atoms with Crippen LogP contribution in [0.4, 0.5) is 0 Å². The summed E-state index contributed by atoms with van der Waals surface area (Å²) in [6.45, 7) is 6.40. The number of guanidine groups is 1. The van der Waals surface area contributed by atoms with E-state index in [0.717, 1.165) is 51.0 Å². The van der Waals surface area contributed by atoms with Crippen molar-refractivity contribution in [3.05, 3.63) is 29.8 Å². The molecule has 6 nitrogen and oxygen atoms in total. The fraction of sp³-hybridized carbons (Fsp3) is 0.650. The molecule has 2 heterocycles. The van der Waals surface area contributed by atoms with Crippen LogP contribution < -0.4 is 10.1 Å². The minimum Gasteiger partial charge on any atom is -0.497 e. The van der Waals surface area contributed by atoms with E-state index in [1.165, 1.54) is 12.0 Å². The molecule has 1 aromatic carbocycles. The fourth-order valence-corrected chi connectivity index (χ4v) is 3.96. The molecule has 6 heteroatoms. The molecule has 1 aromatic rings. The van der Waals surface area contributed by atoms with Crippen molar-refractivity contribution < 1.29 is 4.74 Å². The number of hydrogen-bond acceptors (Lipinski definition) is 4. The molecule has 1 N–H and O–H groups in total. The number of likely N-dealkylation sites (tertiary alicyclic amines) is 1. The molecule has 2 aliphatic heterocycles. The van der Waals surface area contributed by atoms with Gasteiger partial charge in [0.15, 0.2) is 5.96 Å². The normalized spacial score (nSPS) is 25.5. The van der Waals surface area contributed by atoms with Crippen molar-refractivity contribution in [1.82, 2.24) is 20.0 Å². The van der Waals surface area contributed by atoms with Crippen LogP contribution in [0.1, 0.15) is 17.9 Å². The lowest BCUT2D eigenvalue weighted by atomic mass is 9.98. The lowest BCUT2D eigenvalue weighted by Crippen LogP contribution is -2.55. The quantitative estimate of drug-likeness (QED) is 0.649. The van der Waals surface area contributed by atoms with E-state index in [1.807, 2.05) is 7.05 Å². The minimum absolute atomic E-state index is 0.533. The summed E-state index contributed by atoms with van der Waals surface area (Å²) in [5.41, 5.74) is 1.39. The number of hydrogen-bond donors (Lipinski definition) is 1. The summed E-state index contributed by atoms with van der Waals surface area (Å²) < 4.78 is 5.27. The SMILES string of the molecule is CN=C(NCC1CN(C)CCN1C)N1CCC(c2ccc(OC)cc2)C1. The number of benzene rings is 1. The second-order valence-corrected chi connectivity index (χ2v) is 7.53. The molecule has 2 fully saturated rings. The summed E-state index contributed by atoms with van der Waals surface area (Å²) in [6, 6.07) is 9.03. The molecular weight excluding hydrogens is 326 g/mol. The highest BCUT2D eigenvalue weighted by atomic mass is 16.5. The van der Waals surface area contributed by atoms with Gasteiger partial charge in [0.2, 0.25) is 0 Å². The zero-order valence-corrected chi connectivity index (χ0v) is 16.6. The Hall–Kier alpha value is -1.79. The molecule has 0 saturated carbocycles. The number of ether oxygens (including phenoxy) is 1. The van der Waals surface area contributed by atoms with Gasteiger partial charge in [-0.25, -0.2) is 0 Å². The van der Waals surface area contributed by atoms with E-state index in [2.05, 4.69) is 63.4 Å². The van der Waals surface area contributed by atoms with Crippen molar-refractivity contribution in [3.8, 4) is 5.75 Å². The van der Waals surface area contributed by atoms with Gasteiger partial charge in [-0.3, -0.25) is 9.89 Å². The van der Waals surface area contributed by atoms with Crippen molar-refractivity contribution in [1.29, 1.82) is 0 Å². The van der Waals surface area contributed by atoms with Crippen LogP contribution in [-0.4, -0.2) is 94.2 Å². The van der Waals surface area contributed by atoms with Crippen LogP contribution in [0.15, 0.2) is 29.3 Å². The Bertz CT molecular complexity index is 603. The third kappa shape index (κ3) is 4.48. The third-order valence-corrected chi connectivity index (χ3v) is 5.76. The highest BCUT2D eigenvalue weighted by Gasteiger charge is 2.27. The van der Waals surface area contributed by atoms with Crippen molar-refractivity contribution in [3.63, 3.8) is 0 Å². The maximum absolute atomic E-state index is 5.27. The number of rotatable bonds is 4. The zero-order chi connectivity index (χ0) is 18.5. The van der Waals surface area contributed by atoms with Crippen LogP contribution >= 0.6 is 0 Å². The molecule has 0 aromatic heterocycles. The first-order valence-corrected chi connectivity index (χ1v) is 9.59. The predicted molar refractivity (Wildman–Crippen MR) is 107 cm³/mol. The average molecular weight is 360 g/mol. The van der Waals surface area contributed by atoms with Gasteiger partial charge in [-0.15, -0.1) is 0 Å². The topological polar surface area (TPSA) is 43.3 Å². The van der Waals surface area contributed by atoms with Crippen LogP contribution in [0.2, 0.25) is 0 Å². The van der Waals surface area contributed by atoms with Gasteiger partial charge in [0.05, 0.1) is 7.11 Å². The summed E-state index contributed by atoms with van der Waals surface area (Å²) in [7, 11) is 8.02. The molecule has 144 valence electrons. The average Bonchev–Trinajstić information content (AvgIpc) is 3.15. The summed E-state index contributed by atoms with van der Waals surface area (Å²) in [5.74, 6) is 2.51. The summed E-state index contributed by atoms with van der Waals surface area (Å²) >= 11 is 0. The maximum atomic E-state index is 5.27. The van der Waals surface area contributed by atoms with Crippen LogP contribution in [0, 0.1) is 0 Å². The maximum Gasteiger partial charge on any atom is 0.193 e. The van der Waals surface area contributed by atoms with Crippen molar-refractivity contribution in [2.24, 2.45) is 4.99 Å². The van der Waals surface area contributed by atoms with Gasteiger partial charge in [-0.2, -0.15) is 0 Å². The molecule has 0 aliphatic carbocycles. The Labute approximate surface area is 157 Å². The molecule has 2 atom stereocenters. The summed E-state index contributed by atoms with van der Waals surface area (Å²) in [4.78, 5) is 11.8. The highest BCUT2D eigenvalue weighted by molar-refractivity contribution is 5.80. The molecule has 0 spiro atoms. The van der Waals surface area contributed by atoms with E-state index >= 15 is 0 Å². The van der Waals surface area contributed by atoms with E-state index in [0.29, 0.717) is 12.0 Å². The largest absolute Gasteiger partial charge is 0.497 e. The molecule has 3 rings (SSSR count). The monoisotopic (exact) mass is 359 g/mol. The third-order valence-electron chi connectivity index (χ3n) is 5.76. The Morgan fingerprint density at radius 3 is 2.62 bits per heavy atom. The summed E-state index contributed by atoms with van der Waals surface area (Å²) in [6.07, 6.45) is 1.17. The molecule has 0 radical (unpaired) electrons. The number of methoxy groups -OCH3 is 1. The van der Waals surface area contributed by atoms with Gasteiger partial charge in [0.25, 0.3) is 0 Å². The van der Waals surface area contributed by atoms with Crippen LogP contribution in [0.5, 0.6) is 5.75 Å². The first-order chi connectivity index (χ1) is 12.6. The standard InChI is InChI=1S/C20H33N5O/c1-21-20(22-13-18-15-23(2)11-12-24(18)3)25-10-9-17(14-25)16-5-7-19(26-4)8-6-16/h5-8,17-18H,9-15H2,1-4H3,(H,21,22). The number of aliphatic imine (C=N–C) groups is 1. The second-order valence-electron chi connectivity index (χ2n) is 7.53. The van der Waals surface area contributed by atoms with E-state index in [9.17, 15) is 0 Å². The lowest BCUT2D eigenvalue weighted by molar-refractivity contribution is 0.116. The van der Waals surface area contributed by atoms with Crippen molar-refractivity contribution >= 4 is 5.96 Å². The van der Waals surface area contributed by atoms with Gasteiger partial charge < -0.3 is 19.9 Å². The van der Waals surface area contributed by atoms with Gasteiger partial charge in [0, 0.05) is 58.3 Å². The summed E-state index contributed by atoms with van der Waals surface area (Å²) in [5, 5.41) is 3.61. The van der Waals surface area contributed by atoms with Crippen LogP contribution in [0.3, 0.4) is 0 Å². The zero-order valence-electron chi connectivity index (χ0n) is 16.6. The molecule has 0 bridgehead atoms. The van der Waals surface area contributed by atoms with E-state index in [1.54, 1.807) is 7.11 Å². The van der Waals surface area contributed by atoms with E-state index in [-0.39, 0.29) is 0 Å². The number of piperazine rings is 1.